The molecule has 0 bridgehead atoms. The van der Waals surface area contributed by atoms with Crippen molar-refractivity contribution in [3.63, 3.8) is 0 Å². The van der Waals surface area contributed by atoms with Gasteiger partial charge in [-0.3, -0.25) is 4.52 Å². The Bertz CT molecular complexity index is 182. The van der Waals surface area contributed by atoms with Crippen molar-refractivity contribution in [2.75, 3.05) is 22.6 Å². The monoisotopic (exact) mass is 402 g/mol. The second-order valence-corrected chi connectivity index (χ2v) is 5.59. The van der Waals surface area contributed by atoms with Crippen molar-refractivity contribution in [2.45, 2.75) is 0 Å². The molecule has 4 nitrogen and oxygen atoms in total. The van der Waals surface area contributed by atoms with Crippen molar-refractivity contribution in [1.82, 2.24) is 0 Å². The number of rotatable bonds is 6. The summed E-state index contributed by atoms with van der Waals surface area (Å²) in [6.45, 7) is -0.000965. The minimum absolute atomic E-state index is 0.000965. The maximum atomic E-state index is 10.5. The normalized spacial score (nSPS) is 13.3. The number of alkyl halides is 3. The van der Waals surface area contributed by atoms with Gasteiger partial charge >= 0.3 is 7.82 Å². The summed E-state index contributed by atoms with van der Waals surface area (Å²) >= 11 is 9.80. The molecule has 0 radical (unpaired) electrons. The molecule has 0 aliphatic heterocycles. The van der Waals surface area contributed by atoms with E-state index in [0.29, 0.717) is 16.0 Å². The lowest BCUT2D eigenvalue weighted by molar-refractivity contribution is 0.148. The van der Waals surface area contributed by atoms with Crippen molar-refractivity contribution in [3.8, 4) is 0 Å². The zero-order chi connectivity index (χ0) is 10.5. The van der Waals surface area contributed by atoms with E-state index in [4.69, 9.17) is 9.79 Å². The number of halogens is 3. The lowest BCUT2D eigenvalue weighted by Crippen LogP contribution is -2.32. The molecule has 0 unspecified atom stereocenters. The van der Waals surface area contributed by atoms with Crippen LogP contribution in [0.3, 0.4) is 0 Å². The summed E-state index contributed by atoms with van der Waals surface area (Å²) in [4.78, 5) is 17.0. The highest BCUT2D eigenvalue weighted by atomic mass is 79.9. The van der Waals surface area contributed by atoms with Gasteiger partial charge < -0.3 is 9.79 Å². The maximum absolute atomic E-state index is 10.5. The summed E-state index contributed by atoms with van der Waals surface area (Å²) in [5.41, 5.74) is -0.332. The van der Waals surface area contributed by atoms with E-state index in [-0.39, 0.29) is 12.0 Å². The Morgan fingerprint density at radius 3 is 1.77 bits per heavy atom. The zero-order valence-electron chi connectivity index (χ0n) is 6.62. The Balaban J connectivity index is 4.19. The number of phosphoric ester groups is 1. The van der Waals surface area contributed by atoms with Gasteiger partial charge in [0.05, 0.1) is 6.61 Å². The quantitative estimate of drug-likeness (QED) is 0.526. The summed E-state index contributed by atoms with van der Waals surface area (Å²) in [6, 6.07) is 0. The van der Waals surface area contributed by atoms with Crippen molar-refractivity contribution >= 4 is 55.6 Å². The van der Waals surface area contributed by atoms with E-state index in [0.717, 1.165) is 0 Å². The van der Waals surface area contributed by atoms with E-state index in [9.17, 15) is 4.57 Å². The standard InChI is InChI=1S/C5H10Br3O4P/c6-1-5(2-7,3-8)4-12-13(9,10)11/h1-4H2,(H2,9,10,11). The highest BCUT2D eigenvalue weighted by molar-refractivity contribution is 9.10. The van der Waals surface area contributed by atoms with Gasteiger partial charge in [-0.15, -0.1) is 0 Å². The molecule has 0 aliphatic rings. The molecule has 0 rings (SSSR count). The molecule has 0 heterocycles. The minimum atomic E-state index is -4.36. The van der Waals surface area contributed by atoms with Gasteiger partial charge in [-0.05, 0) is 0 Å². The fourth-order valence-electron chi connectivity index (χ4n) is 0.444. The topological polar surface area (TPSA) is 66.8 Å². The molecule has 0 fully saturated rings. The molecule has 0 spiro atoms. The first-order valence-electron chi connectivity index (χ1n) is 3.27. The van der Waals surface area contributed by atoms with E-state index in [2.05, 4.69) is 52.3 Å². The van der Waals surface area contributed by atoms with Crippen LogP contribution in [0.5, 0.6) is 0 Å². The van der Waals surface area contributed by atoms with Crippen LogP contribution in [0, 0.1) is 5.41 Å². The van der Waals surface area contributed by atoms with Gasteiger partial charge in [-0.1, -0.05) is 47.8 Å². The van der Waals surface area contributed by atoms with Crippen LogP contribution < -0.4 is 0 Å². The summed E-state index contributed by atoms with van der Waals surface area (Å²) in [5, 5.41) is 1.78. The molecule has 0 saturated heterocycles. The Hall–Kier alpha value is 1.55. The predicted octanol–water partition coefficient (Wildman–Crippen LogP) is 2.27. The van der Waals surface area contributed by atoms with Gasteiger partial charge in [0.25, 0.3) is 0 Å². The van der Waals surface area contributed by atoms with Crippen LogP contribution in [-0.2, 0) is 9.09 Å². The fourth-order valence-corrected chi connectivity index (χ4v) is 4.16. The first-order chi connectivity index (χ1) is 5.89. The number of hydrogen-bond donors (Lipinski definition) is 2. The minimum Gasteiger partial charge on any atom is -0.303 e. The van der Waals surface area contributed by atoms with Gasteiger partial charge in [0, 0.05) is 21.4 Å². The van der Waals surface area contributed by atoms with Gasteiger partial charge in [-0.25, -0.2) is 4.57 Å². The molecule has 2 N–H and O–H groups in total. The Morgan fingerprint density at radius 1 is 1.15 bits per heavy atom. The van der Waals surface area contributed by atoms with E-state index in [1.165, 1.54) is 0 Å². The van der Waals surface area contributed by atoms with Crippen molar-refractivity contribution < 1.29 is 18.9 Å². The molecule has 8 heteroatoms. The second kappa shape index (κ2) is 6.20. The smallest absolute Gasteiger partial charge is 0.303 e. The molecular formula is C5H10Br3O4P. The number of hydrogen-bond acceptors (Lipinski definition) is 2. The fraction of sp³-hybridized carbons (Fsp3) is 1.00. The average molecular weight is 405 g/mol. The third-order valence-corrected chi connectivity index (χ3v) is 5.42. The molecule has 80 valence electrons. The second-order valence-electron chi connectivity index (χ2n) is 2.66. The molecule has 0 aromatic rings. The summed E-state index contributed by atoms with van der Waals surface area (Å²) in [7, 11) is -4.36. The van der Waals surface area contributed by atoms with Crippen molar-refractivity contribution in [2.24, 2.45) is 5.41 Å². The third-order valence-electron chi connectivity index (χ3n) is 1.39. The highest BCUT2D eigenvalue weighted by Gasteiger charge is 2.30. The Kier molecular flexibility index (Phi) is 6.94. The van der Waals surface area contributed by atoms with Crippen LogP contribution in [0.4, 0.5) is 0 Å². The Labute approximate surface area is 102 Å². The van der Waals surface area contributed by atoms with E-state index in [1.807, 2.05) is 0 Å². The largest absolute Gasteiger partial charge is 0.469 e. The maximum Gasteiger partial charge on any atom is 0.469 e. The van der Waals surface area contributed by atoms with Crippen LogP contribution in [-0.4, -0.2) is 32.4 Å². The summed E-state index contributed by atoms with van der Waals surface area (Å²) < 4.78 is 14.9. The van der Waals surface area contributed by atoms with Crippen LogP contribution >= 0.6 is 55.6 Å². The molecular weight excluding hydrogens is 395 g/mol. The average Bonchev–Trinajstić information content (AvgIpc) is 2.06. The van der Waals surface area contributed by atoms with Gasteiger partial charge in [0.1, 0.15) is 0 Å². The van der Waals surface area contributed by atoms with Crippen LogP contribution in [0.2, 0.25) is 0 Å². The van der Waals surface area contributed by atoms with E-state index < -0.39 is 7.82 Å². The van der Waals surface area contributed by atoms with Crippen LogP contribution in [0.1, 0.15) is 0 Å². The summed E-state index contributed by atoms with van der Waals surface area (Å²) in [6.07, 6.45) is 0. The van der Waals surface area contributed by atoms with Crippen molar-refractivity contribution in [1.29, 1.82) is 0 Å². The molecule has 0 amide bonds. The lowest BCUT2D eigenvalue weighted by Gasteiger charge is -2.26. The Morgan fingerprint density at radius 2 is 1.54 bits per heavy atom. The van der Waals surface area contributed by atoms with Crippen molar-refractivity contribution in [3.05, 3.63) is 0 Å². The predicted molar refractivity (Wildman–Crippen MR) is 61.8 cm³/mol. The SMILES string of the molecule is O=P(O)(O)OCC(CBr)(CBr)CBr. The number of phosphoric acid groups is 1. The molecule has 13 heavy (non-hydrogen) atoms. The van der Waals surface area contributed by atoms with E-state index in [1.54, 1.807) is 0 Å². The molecule has 0 aliphatic carbocycles. The zero-order valence-corrected chi connectivity index (χ0v) is 12.3. The van der Waals surface area contributed by atoms with Crippen LogP contribution in [0.25, 0.3) is 0 Å². The lowest BCUT2D eigenvalue weighted by atomic mass is 9.98. The van der Waals surface area contributed by atoms with Gasteiger partial charge in [-0.2, -0.15) is 0 Å². The molecule has 0 aromatic heterocycles. The van der Waals surface area contributed by atoms with Gasteiger partial charge in [0.2, 0.25) is 0 Å². The van der Waals surface area contributed by atoms with Crippen LogP contribution in [0.15, 0.2) is 0 Å². The highest BCUT2D eigenvalue weighted by Crippen LogP contribution is 2.39. The summed E-state index contributed by atoms with van der Waals surface area (Å²) in [5.74, 6) is 0. The molecule has 0 atom stereocenters. The molecule has 0 aromatic carbocycles. The van der Waals surface area contributed by atoms with Gasteiger partial charge in [0.15, 0.2) is 0 Å². The van der Waals surface area contributed by atoms with E-state index >= 15 is 0 Å². The first-order valence-corrected chi connectivity index (χ1v) is 8.16. The first kappa shape index (κ1) is 14.6. The third kappa shape index (κ3) is 5.87. The molecule has 0 saturated carbocycles.